The Bertz CT molecular complexity index is 616. The number of rotatable bonds is 1. The molecule has 4 heteroatoms. The number of aromatic nitrogens is 1. The van der Waals surface area contributed by atoms with Gasteiger partial charge in [-0.1, -0.05) is 17.3 Å². The van der Waals surface area contributed by atoms with Crippen LogP contribution in [0.3, 0.4) is 0 Å². The van der Waals surface area contributed by atoms with Crippen LogP contribution < -0.4 is 4.80 Å². The zero-order valence-electron chi connectivity index (χ0n) is 9.20. The molecule has 0 aliphatic rings. The molecule has 1 aromatic heterocycles. The molecule has 0 spiro atoms. The van der Waals surface area contributed by atoms with Gasteiger partial charge in [-0.2, -0.15) is 0 Å². The molecule has 1 aromatic carbocycles. The largest absolute Gasteiger partial charge is 0.305 e. The molecule has 0 aliphatic heterocycles. The van der Waals surface area contributed by atoms with Crippen molar-refractivity contribution in [2.45, 2.75) is 20.4 Å². The topological polar surface area (TPSA) is 28.8 Å². The zero-order chi connectivity index (χ0) is 11.0. The number of thiazole rings is 1. The molecule has 2 nitrogen and oxygen atoms in total. The van der Waals surface area contributed by atoms with Gasteiger partial charge in [0.2, 0.25) is 0 Å². The van der Waals surface area contributed by atoms with E-state index in [4.69, 9.17) is 11.8 Å². The Kier molecular flexibility index (Phi) is 3.95. The molecule has 2 rings (SSSR count). The molecular formula is C12H13BrN2S. The predicted molar refractivity (Wildman–Crippen MR) is 74.3 cm³/mol. The number of hydrogen-bond acceptors (Lipinski definition) is 2. The first-order valence-corrected chi connectivity index (χ1v) is 5.54. The van der Waals surface area contributed by atoms with Crippen molar-refractivity contribution in [2.75, 3.05) is 0 Å². The lowest BCUT2D eigenvalue weighted by molar-refractivity contribution is 0.828. The molecule has 0 amide bonds. The van der Waals surface area contributed by atoms with Crippen molar-refractivity contribution in [1.29, 1.82) is 5.41 Å². The Hall–Kier alpha value is -1.05. The molecule has 1 heterocycles. The number of fused-ring (bicyclic) bond motifs is 1. The highest BCUT2D eigenvalue weighted by Gasteiger charge is 2.05. The van der Waals surface area contributed by atoms with E-state index in [1.807, 2.05) is 4.57 Å². The standard InChI is InChI=1S/C12H12N2S.BrH/c1-4-5-14-10-6-8(2)9(3)7-11(10)15-12(14)13;/h1,6-7,13H,5H2,2-3H3;1H. The van der Waals surface area contributed by atoms with Crippen LogP contribution in [0.5, 0.6) is 0 Å². The van der Waals surface area contributed by atoms with Crippen molar-refractivity contribution in [1.82, 2.24) is 4.57 Å². The molecule has 0 aliphatic carbocycles. The highest BCUT2D eigenvalue weighted by molar-refractivity contribution is 8.93. The molecule has 0 fully saturated rings. The van der Waals surface area contributed by atoms with Gasteiger partial charge >= 0.3 is 0 Å². The second-order valence-electron chi connectivity index (χ2n) is 3.60. The van der Waals surface area contributed by atoms with Gasteiger partial charge < -0.3 is 4.57 Å². The predicted octanol–water partition coefficient (Wildman–Crippen LogP) is 3.01. The Morgan fingerprint density at radius 3 is 2.62 bits per heavy atom. The summed E-state index contributed by atoms with van der Waals surface area (Å²) in [5.41, 5.74) is 3.58. The first-order valence-electron chi connectivity index (χ1n) is 4.72. The van der Waals surface area contributed by atoms with E-state index < -0.39 is 0 Å². The van der Waals surface area contributed by atoms with Gasteiger partial charge in [0.25, 0.3) is 0 Å². The van der Waals surface area contributed by atoms with Crippen molar-refractivity contribution in [3.63, 3.8) is 0 Å². The van der Waals surface area contributed by atoms with Gasteiger partial charge in [-0.05, 0) is 37.1 Å². The quantitative estimate of drug-likeness (QED) is 0.784. The minimum Gasteiger partial charge on any atom is -0.305 e. The smallest absolute Gasteiger partial charge is 0.183 e. The normalized spacial score (nSPS) is 9.81. The maximum absolute atomic E-state index is 7.83. The van der Waals surface area contributed by atoms with Gasteiger partial charge in [0, 0.05) is 0 Å². The van der Waals surface area contributed by atoms with Crippen molar-refractivity contribution in [3.05, 3.63) is 28.1 Å². The van der Waals surface area contributed by atoms with Gasteiger partial charge in [-0.3, -0.25) is 5.41 Å². The molecule has 0 atom stereocenters. The summed E-state index contributed by atoms with van der Waals surface area (Å²) < 4.78 is 3.00. The van der Waals surface area contributed by atoms with E-state index in [-0.39, 0.29) is 17.0 Å². The maximum Gasteiger partial charge on any atom is 0.183 e. The van der Waals surface area contributed by atoms with Crippen LogP contribution in [0.25, 0.3) is 10.2 Å². The summed E-state index contributed by atoms with van der Waals surface area (Å²) in [6, 6.07) is 4.23. The van der Waals surface area contributed by atoms with E-state index in [2.05, 4.69) is 31.9 Å². The molecule has 0 saturated carbocycles. The van der Waals surface area contributed by atoms with Crippen LogP contribution in [-0.4, -0.2) is 4.57 Å². The van der Waals surface area contributed by atoms with E-state index in [9.17, 15) is 0 Å². The molecule has 84 valence electrons. The van der Waals surface area contributed by atoms with Crippen molar-refractivity contribution in [3.8, 4) is 12.3 Å². The van der Waals surface area contributed by atoms with Crippen LogP contribution in [0.2, 0.25) is 0 Å². The average molecular weight is 297 g/mol. The highest BCUT2D eigenvalue weighted by atomic mass is 79.9. The van der Waals surface area contributed by atoms with Crippen LogP contribution >= 0.6 is 28.3 Å². The number of nitrogens with one attached hydrogen (secondary N) is 1. The lowest BCUT2D eigenvalue weighted by atomic mass is 10.1. The van der Waals surface area contributed by atoms with E-state index in [0.29, 0.717) is 11.3 Å². The fourth-order valence-electron chi connectivity index (χ4n) is 1.58. The number of aryl methyl sites for hydroxylation is 2. The summed E-state index contributed by atoms with van der Waals surface area (Å²) in [4.78, 5) is 0.521. The third kappa shape index (κ3) is 2.06. The molecule has 16 heavy (non-hydrogen) atoms. The highest BCUT2D eigenvalue weighted by Crippen LogP contribution is 2.21. The van der Waals surface area contributed by atoms with Crippen molar-refractivity contribution >= 4 is 38.5 Å². The van der Waals surface area contributed by atoms with Gasteiger partial charge in [0.15, 0.2) is 4.80 Å². The summed E-state index contributed by atoms with van der Waals surface area (Å²) in [6.07, 6.45) is 5.30. The first kappa shape index (κ1) is 13.0. The number of hydrogen-bond donors (Lipinski definition) is 1. The summed E-state index contributed by atoms with van der Waals surface area (Å²) in [7, 11) is 0. The monoisotopic (exact) mass is 296 g/mol. The lowest BCUT2D eigenvalue weighted by Crippen LogP contribution is -2.11. The number of terminal acetylenes is 1. The second-order valence-corrected chi connectivity index (χ2v) is 4.63. The Balaban J connectivity index is 0.00000128. The van der Waals surface area contributed by atoms with Crippen LogP contribution in [0.15, 0.2) is 12.1 Å². The third-order valence-electron chi connectivity index (χ3n) is 2.57. The third-order valence-corrected chi connectivity index (χ3v) is 3.53. The summed E-state index contributed by atoms with van der Waals surface area (Å²) in [6.45, 7) is 4.64. The van der Waals surface area contributed by atoms with E-state index in [1.54, 1.807) is 0 Å². The molecule has 0 bridgehead atoms. The second kappa shape index (κ2) is 4.86. The van der Waals surface area contributed by atoms with E-state index in [1.165, 1.54) is 22.5 Å². The molecule has 1 N–H and O–H groups in total. The van der Waals surface area contributed by atoms with Crippen LogP contribution in [0, 0.1) is 31.6 Å². The molecule has 0 unspecified atom stereocenters. The fourth-order valence-corrected chi connectivity index (χ4v) is 2.57. The number of halogens is 1. The number of nitrogens with zero attached hydrogens (tertiary/aromatic N) is 1. The van der Waals surface area contributed by atoms with Crippen molar-refractivity contribution in [2.24, 2.45) is 0 Å². The lowest BCUT2D eigenvalue weighted by Gasteiger charge is -2.02. The summed E-state index contributed by atoms with van der Waals surface area (Å²) in [5.74, 6) is 2.59. The Labute approximate surface area is 109 Å². The molecule has 2 aromatic rings. The van der Waals surface area contributed by atoms with Gasteiger partial charge in [-0.25, -0.2) is 0 Å². The van der Waals surface area contributed by atoms with Crippen molar-refractivity contribution < 1.29 is 0 Å². The molecule has 0 saturated heterocycles. The Morgan fingerprint density at radius 2 is 2.00 bits per heavy atom. The van der Waals surface area contributed by atoms with E-state index in [0.717, 1.165) is 10.2 Å². The van der Waals surface area contributed by atoms with Crippen LogP contribution in [0.1, 0.15) is 11.1 Å². The maximum atomic E-state index is 7.83. The summed E-state index contributed by atoms with van der Waals surface area (Å²) >= 11 is 1.48. The van der Waals surface area contributed by atoms with Crippen LogP contribution in [0.4, 0.5) is 0 Å². The van der Waals surface area contributed by atoms with Crippen LogP contribution in [-0.2, 0) is 6.54 Å². The molecular weight excluding hydrogens is 284 g/mol. The molecule has 0 radical (unpaired) electrons. The van der Waals surface area contributed by atoms with Gasteiger partial charge in [0.05, 0.1) is 16.8 Å². The van der Waals surface area contributed by atoms with E-state index >= 15 is 0 Å². The first-order chi connectivity index (χ1) is 7.13. The Morgan fingerprint density at radius 1 is 1.38 bits per heavy atom. The minimum atomic E-state index is 0. The SMILES string of the molecule is Br.C#CCn1c(=N)sc2cc(C)c(C)cc21. The summed E-state index contributed by atoms with van der Waals surface area (Å²) in [5, 5.41) is 7.83. The van der Waals surface area contributed by atoms with Gasteiger partial charge in [0.1, 0.15) is 0 Å². The zero-order valence-corrected chi connectivity index (χ0v) is 11.7. The number of benzene rings is 1. The average Bonchev–Trinajstić information content (AvgIpc) is 2.46. The minimum absolute atomic E-state index is 0. The fraction of sp³-hybridized carbons (Fsp3) is 0.250. The van der Waals surface area contributed by atoms with Gasteiger partial charge in [-0.15, -0.1) is 23.4 Å².